The molecular formula is C34H46FN5O2. The first-order valence-corrected chi connectivity index (χ1v) is 15.7. The minimum atomic E-state index is -0.297. The average Bonchev–Trinajstić information content (AvgIpc) is 2.97. The van der Waals surface area contributed by atoms with Gasteiger partial charge in [-0.3, -0.25) is 4.79 Å². The second-order valence-corrected chi connectivity index (χ2v) is 13.5. The van der Waals surface area contributed by atoms with Crippen LogP contribution in [0, 0.1) is 29.0 Å². The highest BCUT2D eigenvalue weighted by Crippen LogP contribution is 2.61. The van der Waals surface area contributed by atoms with E-state index >= 15 is 0 Å². The first kappa shape index (κ1) is 29.0. The van der Waals surface area contributed by atoms with Crippen LogP contribution in [0.25, 0.3) is 0 Å². The van der Waals surface area contributed by atoms with Crippen molar-refractivity contribution in [3.8, 4) is 5.75 Å². The second kappa shape index (κ2) is 11.5. The normalized spacial score (nSPS) is 28.7. The van der Waals surface area contributed by atoms with E-state index in [0.29, 0.717) is 54.2 Å². The van der Waals surface area contributed by atoms with E-state index in [4.69, 9.17) is 9.73 Å². The SMILES string of the molecule is COc1ccc(CCN2CCc3cc(NC(=N[C@H]4C[C@@H]5C[C@H]([C@@H]4C)C5(C)C)N4CCN[C@@H](C)C4)ccc3C2=O)c(F)c1. The van der Waals surface area contributed by atoms with Gasteiger partial charge in [0.25, 0.3) is 5.91 Å². The van der Waals surface area contributed by atoms with Gasteiger partial charge in [0.05, 0.1) is 13.2 Å². The Morgan fingerprint density at radius 3 is 2.71 bits per heavy atom. The fraction of sp³-hybridized carbons (Fsp3) is 0.588. The van der Waals surface area contributed by atoms with Gasteiger partial charge in [-0.2, -0.15) is 0 Å². The summed E-state index contributed by atoms with van der Waals surface area (Å²) in [6, 6.07) is 11.7. The molecule has 0 radical (unpaired) electrons. The van der Waals surface area contributed by atoms with E-state index in [0.717, 1.165) is 67.1 Å². The van der Waals surface area contributed by atoms with Crippen molar-refractivity contribution in [2.75, 3.05) is 45.2 Å². The van der Waals surface area contributed by atoms with Gasteiger partial charge in [-0.25, -0.2) is 9.38 Å². The summed E-state index contributed by atoms with van der Waals surface area (Å²) in [5.41, 5.74) is 3.80. The summed E-state index contributed by atoms with van der Waals surface area (Å²) in [5, 5.41) is 7.25. The molecule has 0 spiro atoms. The first-order valence-electron chi connectivity index (χ1n) is 15.7. The van der Waals surface area contributed by atoms with Gasteiger partial charge in [-0.1, -0.05) is 26.8 Å². The molecule has 3 aliphatic carbocycles. The Morgan fingerprint density at radius 2 is 2.00 bits per heavy atom. The quantitative estimate of drug-likeness (QED) is 0.366. The van der Waals surface area contributed by atoms with Crippen molar-refractivity contribution >= 4 is 17.6 Å². The molecule has 0 aromatic heterocycles. The van der Waals surface area contributed by atoms with E-state index in [9.17, 15) is 9.18 Å². The summed E-state index contributed by atoms with van der Waals surface area (Å²) < 4.78 is 19.6. The van der Waals surface area contributed by atoms with Crippen LogP contribution in [-0.2, 0) is 12.8 Å². The van der Waals surface area contributed by atoms with Crippen molar-refractivity contribution in [3.05, 3.63) is 58.9 Å². The molecule has 5 aliphatic rings. The fourth-order valence-electron chi connectivity index (χ4n) is 7.84. The lowest BCUT2D eigenvalue weighted by molar-refractivity contribution is -0.108. The summed E-state index contributed by atoms with van der Waals surface area (Å²) in [4.78, 5) is 23.0. The molecule has 2 aromatic rings. The van der Waals surface area contributed by atoms with Crippen molar-refractivity contribution in [1.29, 1.82) is 0 Å². The van der Waals surface area contributed by atoms with Crippen LogP contribution >= 0.6 is 0 Å². The number of halogens is 1. The topological polar surface area (TPSA) is 69.2 Å². The highest BCUT2D eigenvalue weighted by atomic mass is 19.1. The number of hydrogen-bond acceptors (Lipinski definition) is 4. The van der Waals surface area contributed by atoms with Crippen LogP contribution in [0.1, 0.15) is 62.0 Å². The summed E-state index contributed by atoms with van der Waals surface area (Å²) in [6.07, 6.45) is 3.75. The molecule has 42 heavy (non-hydrogen) atoms. The van der Waals surface area contributed by atoms with E-state index in [-0.39, 0.29) is 11.7 Å². The van der Waals surface area contributed by atoms with E-state index in [1.54, 1.807) is 12.1 Å². The fourth-order valence-corrected chi connectivity index (χ4v) is 7.84. The average molecular weight is 576 g/mol. The number of benzene rings is 2. The smallest absolute Gasteiger partial charge is 0.254 e. The molecule has 2 aliphatic heterocycles. The van der Waals surface area contributed by atoms with Gasteiger partial charge in [0.15, 0.2) is 5.96 Å². The number of aliphatic imine (C=N–C) groups is 1. The standard InChI is InChI=1S/C34H46FN5O2/c1-21-20-40(15-12-36-21)33(38-31-18-25-17-29(22(31)2)34(25,3)4)37-26-7-9-28-24(16-26)11-14-39(32(28)41)13-10-23-6-8-27(42-5)19-30(23)35/h6-9,16,19,21-22,25,29,31,36H,10-15,17-18,20H2,1-5H3,(H,37,38)/t21-,22-,25-,29+,31-/m0/s1. The van der Waals surface area contributed by atoms with Crippen LogP contribution in [0.3, 0.4) is 0 Å². The molecule has 2 heterocycles. The number of piperazine rings is 1. The van der Waals surface area contributed by atoms with Crippen molar-refractivity contribution in [2.45, 2.75) is 65.5 Å². The number of fused-ring (bicyclic) bond motifs is 3. The Kier molecular flexibility index (Phi) is 7.94. The minimum absolute atomic E-state index is 0.0133. The predicted octanol–water partition coefficient (Wildman–Crippen LogP) is 5.21. The van der Waals surface area contributed by atoms with E-state index in [1.807, 2.05) is 17.0 Å². The summed E-state index contributed by atoms with van der Waals surface area (Å²) in [6.45, 7) is 13.4. The molecule has 0 unspecified atom stereocenters. The Balaban J connectivity index is 1.16. The van der Waals surface area contributed by atoms with Crippen LogP contribution in [0.5, 0.6) is 5.75 Å². The monoisotopic (exact) mass is 575 g/mol. The maximum absolute atomic E-state index is 14.4. The van der Waals surface area contributed by atoms with E-state index in [1.165, 1.54) is 19.6 Å². The molecule has 8 heteroatoms. The lowest BCUT2D eigenvalue weighted by Gasteiger charge is -2.61. The molecule has 2 aromatic carbocycles. The Bertz CT molecular complexity index is 1360. The molecule has 4 fully saturated rings. The van der Waals surface area contributed by atoms with Crippen molar-refractivity contribution in [1.82, 2.24) is 15.1 Å². The summed E-state index contributed by atoms with van der Waals surface area (Å²) in [7, 11) is 1.53. The van der Waals surface area contributed by atoms with Crippen LogP contribution < -0.4 is 15.4 Å². The van der Waals surface area contributed by atoms with Gasteiger partial charge in [0.2, 0.25) is 0 Å². The summed E-state index contributed by atoms with van der Waals surface area (Å²) >= 11 is 0. The van der Waals surface area contributed by atoms with Crippen LogP contribution in [0.4, 0.5) is 10.1 Å². The third-order valence-corrected chi connectivity index (χ3v) is 10.7. The molecule has 2 N–H and O–H groups in total. The predicted molar refractivity (Wildman–Crippen MR) is 166 cm³/mol. The third kappa shape index (κ3) is 5.50. The number of methoxy groups -OCH3 is 1. The number of ether oxygens (including phenoxy) is 1. The number of amides is 1. The number of nitrogens with one attached hydrogen (secondary N) is 2. The largest absolute Gasteiger partial charge is 0.497 e. The lowest BCUT2D eigenvalue weighted by Crippen LogP contribution is -2.57. The molecular weight excluding hydrogens is 529 g/mol. The Hall–Kier alpha value is -3.13. The zero-order valence-corrected chi connectivity index (χ0v) is 25.8. The number of anilines is 1. The van der Waals surface area contributed by atoms with Gasteiger partial charge in [-0.15, -0.1) is 0 Å². The van der Waals surface area contributed by atoms with Gasteiger partial charge in [-0.05, 0) is 91.2 Å². The van der Waals surface area contributed by atoms with Crippen molar-refractivity contribution < 1.29 is 13.9 Å². The van der Waals surface area contributed by atoms with Gasteiger partial charge in [0.1, 0.15) is 11.6 Å². The number of hydrogen-bond donors (Lipinski definition) is 2. The molecule has 7 rings (SSSR count). The molecule has 7 nitrogen and oxygen atoms in total. The molecule has 2 bridgehead atoms. The third-order valence-electron chi connectivity index (χ3n) is 10.7. The van der Waals surface area contributed by atoms with Crippen molar-refractivity contribution in [2.24, 2.45) is 28.2 Å². The second-order valence-electron chi connectivity index (χ2n) is 13.5. The maximum Gasteiger partial charge on any atom is 0.254 e. The molecule has 1 amide bonds. The number of carbonyl (C=O) groups is 1. The Morgan fingerprint density at radius 1 is 1.17 bits per heavy atom. The number of rotatable bonds is 6. The number of guanidine groups is 1. The van der Waals surface area contributed by atoms with E-state index in [2.05, 4.69) is 49.3 Å². The number of nitrogens with zero attached hydrogens (tertiary/aromatic N) is 3. The molecule has 3 saturated carbocycles. The maximum atomic E-state index is 14.4. The highest BCUT2D eigenvalue weighted by molar-refractivity contribution is 5.99. The first-order chi connectivity index (χ1) is 20.1. The summed E-state index contributed by atoms with van der Waals surface area (Å²) in [5.74, 6) is 3.25. The van der Waals surface area contributed by atoms with Crippen LogP contribution in [0.2, 0.25) is 0 Å². The van der Waals surface area contributed by atoms with Gasteiger partial charge in [0, 0.05) is 56.1 Å². The zero-order chi connectivity index (χ0) is 29.6. The van der Waals surface area contributed by atoms with Gasteiger partial charge >= 0.3 is 0 Å². The zero-order valence-electron chi connectivity index (χ0n) is 25.8. The molecule has 1 saturated heterocycles. The van der Waals surface area contributed by atoms with Crippen LogP contribution in [0.15, 0.2) is 41.4 Å². The van der Waals surface area contributed by atoms with Crippen molar-refractivity contribution in [3.63, 3.8) is 0 Å². The highest BCUT2D eigenvalue weighted by Gasteiger charge is 2.56. The van der Waals surface area contributed by atoms with Crippen LogP contribution in [-0.4, -0.2) is 73.6 Å². The molecule has 5 atom stereocenters. The Labute approximate surface area is 249 Å². The number of carbonyl (C=O) groups excluding carboxylic acids is 1. The lowest BCUT2D eigenvalue weighted by atomic mass is 9.45. The molecule has 226 valence electrons. The van der Waals surface area contributed by atoms with E-state index < -0.39 is 0 Å². The minimum Gasteiger partial charge on any atom is -0.497 e. The van der Waals surface area contributed by atoms with Gasteiger partial charge < -0.3 is 25.2 Å².